The molecule has 1 rings (SSSR count). The summed E-state index contributed by atoms with van der Waals surface area (Å²) in [5, 5.41) is 0. The molecule has 0 fully saturated rings. The van der Waals surface area contributed by atoms with Crippen molar-refractivity contribution in [2.75, 3.05) is 6.61 Å². The minimum Gasteiger partial charge on any atom is -0.493 e. The smallest absolute Gasteiger partial charge is 0.322 e. The van der Waals surface area contributed by atoms with E-state index >= 15 is 0 Å². The second-order valence-electron chi connectivity index (χ2n) is 2.45. The Hall–Kier alpha value is -1.36. The lowest BCUT2D eigenvalue weighted by Gasteiger charge is -2.08. The van der Waals surface area contributed by atoms with Crippen molar-refractivity contribution in [3.8, 4) is 5.75 Å². The third kappa shape index (κ3) is 3.18. The molecule has 3 N–H and O–H groups in total. The Balaban J connectivity index is 2.68. The van der Waals surface area contributed by atoms with Crippen LogP contribution in [0.15, 0.2) is 29.2 Å². The van der Waals surface area contributed by atoms with E-state index in [0.717, 1.165) is 22.6 Å². The zero-order valence-electron chi connectivity index (χ0n) is 7.82. The van der Waals surface area contributed by atoms with Gasteiger partial charge in [-0.2, -0.15) is 0 Å². The summed E-state index contributed by atoms with van der Waals surface area (Å²) < 4.78 is 7.79. The van der Waals surface area contributed by atoms with Crippen LogP contribution in [0.25, 0.3) is 0 Å². The number of carbonyl (C=O) groups is 1. The molecule has 0 unspecified atom stereocenters. The van der Waals surface area contributed by atoms with E-state index in [-0.39, 0.29) is 0 Å². The van der Waals surface area contributed by atoms with Crippen molar-refractivity contribution in [3.63, 3.8) is 0 Å². The largest absolute Gasteiger partial charge is 0.493 e. The van der Waals surface area contributed by atoms with Crippen LogP contribution in [0.4, 0.5) is 4.79 Å². The lowest BCUT2D eigenvalue weighted by molar-refractivity contribution is 0.254. The first-order valence-electron chi connectivity index (χ1n) is 4.18. The van der Waals surface area contributed by atoms with Gasteiger partial charge in [0.1, 0.15) is 5.75 Å². The number of nitrogens with two attached hydrogens (primary N) is 1. The molecule has 0 radical (unpaired) electrons. The van der Waals surface area contributed by atoms with Gasteiger partial charge in [-0.25, -0.2) is 4.79 Å². The van der Waals surface area contributed by atoms with Gasteiger partial charge in [-0.1, -0.05) is 12.1 Å². The molecule has 0 aliphatic carbocycles. The molecule has 76 valence electrons. The molecule has 0 spiro atoms. The zero-order valence-corrected chi connectivity index (χ0v) is 8.64. The van der Waals surface area contributed by atoms with Crippen molar-refractivity contribution in [2.45, 2.75) is 11.8 Å². The van der Waals surface area contributed by atoms with E-state index in [1.807, 2.05) is 31.2 Å². The number of para-hydroxylation sites is 1. The molecule has 14 heavy (non-hydrogen) atoms. The maximum atomic E-state index is 10.5. The average molecular weight is 212 g/mol. The molecule has 0 aliphatic heterocycles. The number of rotatable bonds is 4. The fraction of sp³-hybridized carbons (Fsp3) is 0.222. The van der Waals surface area contributed by atoms with E-state index in [0.29, 0.717) is 6.61 Å². The fourth-order valence-corrected chi connectivity index (χ4v) is 1.50. The summed E-state index contributed by atoms with van der Waals surface area (Å²) in [5.41, 5.74) is 4.95. The first kappa shape index (κ1) is 10.7. The molecule has 4 nitrogen and oxygen atoms in total. The van der Waals surface area contributed by atoms with Crippen molar-refractivity contribution in [3.05, 3.63) is 24.3 Å². The van der Waals surface area contributed by atoms with Gasteiger partial charge in [0.05, 0.1) is 11.5 Å². The normalized spacial score (nSPS) is 9.50. The Kier molecular flexibility index (Phi) is 4.12. The van der Waals surface area contributed by atoms with Crippen molar-refractivity contribution < 1.29 is 9.53 Å². The second-order valence-corrected chi connectivity index (χ2v) is 3.30. The van der Waals surface area contributed by atoms with Gasteiger partial charge >= 0.3 is 6.03 Å². The van der Waals surface area contributed by atoms with Gasteiger partial charge < -0.3 is 10.5 Å². The van der Waals surface area contributed by atoms with Crippen LogP contribution in [-0.4, -0.2) is 12.6 Å². The molecular formula is C9H12N2O2S. The Bertz CT molecular complexity index is 317. The van der Waals surface area contributed by atoms with E-state index < -0.39 is 6.03 Å². The molecule has 0 heterocycles. The van der Waals surface area contributed by atoms with Gasteiger partial charge in [0, 0.05) is 0 Å². The summed E-state index contributed by atoms with van der Waals surface area (Å²) in [6.45, 7) is 2.50. The lowest BCUT2D eigenvalue weighted by Crippen LogP contribution is -2.22. The quantitative estimate of drug-likeness (QED) is 0.747. The topological polar surface area (TPSA) is 64.3 Å². The van der Waals surface area contributed by atoms with Crippen molar-refractivity contribution in [2.24, 2.45) is 5.73 Å². The highest BCUT2D eigenvalue weighted by molar-refractivity contribution is 7.98. The minimum absolute atomic E-state index is 0.568. The predicted molar refractivity (Wildman–Crippen MR) is 56.2 cm³/mol. The van der Waals surface area contributed by atoms with Crippen molar-refractivity contribution in [1.29, 1.82) is 0 Å². The number of nitrogens with one attached hydrogen (secondary N) is 1. The number of amides is 2. The van der Waals surface area contributed by atoms with Crippen LogP contribution in [0.3, 0.4) is 0 Å². The molecule has 0 saturated carbocycles. The second kappa shape index (κ2) is 5.39. The molecule has 0 aromatic heterocycles. The standard InChI is InChI=1S/C9H12N2O2S/c1-2-13-7-5-3-4-6-8(7)14-11-9(10)12/h3-6H,2H2,1H3,(H3,10,11,12). The molecule has 0 saturated heterocycles. The minimum atomic E-state index is -0.568. The molecular weight excluding hydrogens is 200 g/mol. The third-order valence-corrected chi connectivity index (χ3v) is 2.27. The van der Waals surface area contributed by atoms with E-state index in [1.165, 1.54) is 0 Å². The van der Waals surface area contributed by atoms with Crippen molar-refractivity contribution >= 4 is 18.0 Å². The number of benzene rings is 1. The molecule has 1 aromatic carbocycles. The summed E-state index contributed by atoms with van der Waals surface area (Å²) >= 11 is 1.15. The molecule has 0 atom stereocenters. The SMILES string of the molecule is CCOc1ccccc1SNC(N)=O. The van der Waals surface area contributed by atoms with Gasteiger partial charge in [-0.3, -0.25) is 4.72 Å². The number of hydrogen-bond donors (Lipinski definition) is 2. The number of hydrogen-bond acceptors (Lipinski definition) is 3. The summed E-state index contributed by atoms with van der Waals surface area (Å²) in [6, 6.07) is 6.87. The Morgan fingerprint density at radius 1 is 1.57 bits per heavy atom. The predicted octanol–water partition coefficient (Wildman–Crippen LogP) is 1.76. The highest BCUT2D eigenvalue weighted by atomic mass is 32.2. The first-order valence-corrected chi connectivity index (χ1v) is 4.99. The number of urea groups is 1. The Morgan fingerprint density at radius 2 is 2.29 bits per heavy atom. The zero-order chi connectivity index (χ0) is 10.4. The highest BCUT2D eigenvalue weighted by Gasteiger charge is 2.03. The summed E-state index contributed by atoms with van der Waals surface area (Å²) in [4.78, 5) is 11.3. The van der Waals surface area contributed by atoms with Crippen LogP contribution in [0, 0.1) is 0 Å². The van der Waals surface area contributed by atoms with E-state index in [2.05, 4.69) is 4.72 Å². The molecule has 2 amide bonds. The summed E-state index contributed by atoms with van der Waals surface area (Å²) in [7, 11) is 0. The Morgan fingerprint density at radius 3 is 2.93 bits per heavy atom. The van der Waals surface area contributed by atoms with Gasteiger partial charge in [0.25, 0.3) is 0 Å². The van der Waals surface area contributed by atoms with Crippen LogP contribution in [0.5, 0.6) is 5.75 Å². The van der Waals surface area contributed by atoms with Crippen LogP contribution in [0.1, 0.15) is 6.92 Å². The fourth-order valence-electron chi connectivity index (χ4n) is 0.915. The highest BCUT2D eigenvalue weighted by Crippen LogP contribution is 2.26. The van der Waals surface area contributed by atoms with E-state index in [1.54, 1.807) is 0 Å². The van der Waals surface area contributed by atoms with Crippen LogP contribution >= 0.6 is 11.9 Å². The monoisotopic (exact) mass is 212 g/mol. The molecule has 5 heteroatoms. The van der Waals surface area contributed by atoms with Gasteiger partial charge in [-0.05, 0) is 31.0 Å². The van der Waals surface area contributed by atoms with E-state index in [9.17, 15) is 4.79 Å². The summed E-state index contributed by atoms with van der Waals surface area (Å²) in [6.07, 6.45) is 0. The first-order chi connectivity index (χ1) is 6.74. The van der Waals surface area contributed by atoms with Gasteiger partial charge in [0.15, 0.2) is 0 Å². The van der Waals surface area contributed by atoms with Crippen molar-refractivity contribution in [1.82, 2.24) is 4.72 Å². The van der Waals surface area contributed by atoms with Gasteiger partial charge in [0.2, 0.25) is 0 Å². The number of ether oxygens (including phenoxy) is 1. The lowest BCUT2D eigenvalue weighted by atomic mass is 10.3. The molecule has 1 aromatic rings. The number of carbonyl (C=O) groups excluding carboxylic acids is 1. The van der Waals surface area contributed by atoms with Crippen LogP contribution < -0.4 is 15.2 Å². The Labute approximate surface area is 86.9 Å². The van der Waals surface area contributed by atoms with Crippen LogP contribution in [0.2, 0.25) is 0 Å². The summed E-state index contributed by atoms with van der Waals surface area (Å²) in [5.74, 6) is 0.744. The maximum absolute atomic E-state index is 10.5. The average Bonchev–Trinajstić information content (AvgIpc) is 2.17. The van der Waals surface area contributed by atoms with Crippen LogP contribution in [-0.2, 0) is 0 Å². The van der Waals surface area contributed by atoms with Gasteiger partial charge in [-0.15, -0.1) is 0 Å². The molecule has 0 aliphatic rings. The number of primary amides is 1. The molecule has 0 bridgehead atoms. The van der Waals surface area contributed by atoms with E-state index in [4.69, 9.17) is 10.5 Å². The third-order valence-electron chi connectivity index (χ3n) is 1.41. The maximum Gasteiger partial charge on any atom is 0.322 e.